The van der Waals surface area contributed by atoms with E-state index in [1.54, 1.807) is 12.4 Å². The molecule has 0 bridgehead atoms. The molecule has 1 aromatic heterocycles. The fourth-order valence-corrected chi connectivity index (χ4v) is 4.83. The van der Waals surface area contributed by atoms with Crippen molar-refractivity contribution in [1.82, 2.24) is 14.8 Å². The molecule has 0 N–H and O–H groups in total. The molecule has 2 aliphatic rings. The minimum Gasteiger partial charge on any atom is -0.345 e. The molecule has 1 aromatic rings. The summed E-state index contributed by atoms with van der Waals surface area (Å²) in [5, 5.41) is 0. The third-order valence-electron chi connectivity index (χ3n) is 6.24. The van der Waals surface area contributed by atoms with Gasteiger partial charge < -0.3 is 4.90 Å². The van der Waals surface area contributed by atoms with Crippen molar-refractivity contribution >= 4 is 11.7 Å². The lowest BCUT2D eigenvalue weighted by atomic mass is 9.73. The van der Waals surface area contributed by atoms with Gasteiger partial charge in [0.15, 0.2) is 0 Å². The van der Waals surface area contributed by atoms with E-state index in [1.165, 1.54) is 5.56 Å². The third-order valence-corrected chi connectivity index (χ3v) is 6.24. The summed E-state index contributed by atoms with van der Waals surface area (Å²) in [4.78, 5) is 33.2. The minimum absolute atomic E-state index is 0.228. The highest BCUT2D eigenvalue weighted by Gasteiger charge is 2.39. The van der Waals surface area contributed by atoms with Crippen LogP contribution in [0.25, 0.3) is 0 Å². The first-order valence-electron chi connectivity index (χ1n) is 10.5. The van der Waals surface area contributed by atoms with E-state index >= 15 is 0 Å². The molecule has 0 radical (unpaired) electrons. The molecule has 1 aliphatic carbocycles. The monoisotopic (exact) mass is 371 g/mol. The number of rotatable bonds is 7. The van der Waals surface area contributed by atoms with E-state index in [-0.39, 0.29) is 5.91 Å². The predicted octanol–water partition coefficient (Wildman–Crippen LogP) is 2.94. The van der Waals surface area contributed by atoms with Crippen molar-refractivity contribution in [2.45, 2.75) is 57.9 Å². The second-order valence-electron chi connectivity index (χ2n) is 8.33. The molecule has 0 aromatic carbocycles. The number of hydrogen-bond acceptors (Lipinski definition) is 4. The summed E-state index contributed by atoms with van der Waals surface area (Å²) in [7, 11) is 1.91. The zero-order valence-electron chi connectivity index (χ0n) is 16.8. The van der Waals surface area contributed by atoms with E-state index in [1.807, 2.05) is 24.1 Å². The number of hydrogen-bond donors (Lipinski definition) is 0. The Morgan fingerprint density at radius 2 is 2.11 bits per heavy atom. The Kier molecular flexibility index (Phi) is 7.00. The Labute approximate surface area is 163 Å². The molecule has 27 heavy (non-hydrogen) atoms. The molecular formula is C22H33N3O2. The molecule has 3 atom stereocenters. The predicted molar refractivity (Wildman–Crippen MR) is 106 cm³/mol. The van der Waals surface area contributed by atoms with Crippen LogP contribution in [0.1, 0.15) is 51.0 Å². The summed E-state index contributed by atoms with van der Waals surface area (Å²) in [6.45, 7) is 5.04. The van der Waals surface area contributed by atoms with Gasteiger partial charge in [0.1, 0.15) is 5.78 Å². The number of carbonyl (C=O) groups excluding carboxylic acids is 2. The van der Waals surface area contributed by atoms with Crippen molar-refractivity contribution in [1.29, 1.82) is 0 Å². The first-order valence-corrected chi connectivity index (χ1v) is 10.5. The van der Waals surface area contributed by atoms with Crippen molar-refractivity contribution < 1.29 is 9.59 Å². The van der Waals surface area contributed by atoms with Gasteiger partial charge in [-0.15, -0.1) is 0 Å². The van der Waals surface area contributed by atoms with Crippen molar-refractivity contribution in [2.75, 3.05) is 26.7 Å². The first-order chi connectivity index (χ1) is 13.1. The Morgan fingerprint density at radius 1 is 1.33 bits per heavy atom. The van der Waals surface area contributed by atoms with Gasteiger partial charge in [-0.2, -0.15) is 0 Å². The zero-order chi connectivity index (χ0) is 19.2. The number of aromatic nitrogens is 1. The van der Waals surface area contributed by atoms with Crippen LogP contribution in [-0.2, 0) is 16.0 Å². The van der Waals surface area contributed by atoms with Crippen LogP contribution in [0.3, 0.4) is 0 Å². The lowest BCUT2D eigenvalue weighted by Gasteiger charge is -2.47. The molecule has 148 valence electrons. The number of amides is 1. The second-order valence-corrected chi connectivity index (χ2v) is 8.33. The first kappa shape index (κ1) is 20.0. The van der Waals surface area contributed by atoms with Gasteiger partial charge in [-0.25, -0.2) is 0 Å². The normalized spacial score (nSPS) is 25.9. The number of piperidine rings is 1. The van der Waals surface area contributed by atoms with Crippen LogP contribution >= 0.6 is 0 Å². The van der Waals surface area contributed by atoms with Crippen molar-refractivity contribution in [3.63, 3.8) is 0 Å². The van der Waals surface area contributed by atoms with Crippen molar-refractivity contribution in [3.8, 4) is 0 Å². The maximum absolute atomic E-state index is 12.7. The molecule has 1 amide bonds. The Morgan fingerprint density at radius 3 is 2.85 bits per heavy atom. The topological polar surface area (TPSA) is 53.5 Å². The van der Waals surface area contributed by atoms with E-state index in [4.69, 9.17) is 0 Å². The standard InChI is InChI=1S/C22H33N3O2/c1-3-11-25-16-18(13-19-15-20(26)4-5-21(19)25)14-22(27)24(2)12-8-17-6-9-23-10-7-17/h6-7,9-10,18-19,21H,3-5,8,11-16H2,1-2H3/t18-,19-,21-/m1/s1. The molecule has 2 heterocycles. The SMILES string of the molecule is CCCN1C[C@@H](CC(=O)N(C)CCc2ccncc2)C[C@@H]2CC(=O)CC[C@H]21. The van der Waals surface area contributed by atoms with Crippen LogP contribution in [0.2, 0.25) is 0 Å². The van der Waals surface area contributed by atoms with Gasteiger partial charge >= 0.3 is 0 Å². The van der Waals surface area contributed by atoms with E-state index in [0.717, 1.165) is 51.7 Å². The van der Waals surface area contributed by atoms with Gasteiger partial charge in [0.2, 0.25) is 5.91 Å². The number of nitrogens with zero attached hydrogens (tertiary/aromatic N) is 3. The van der Waals surface area contributed by atoms with Crippen LogP contribution < -0.4 is 0 Å². The number of likely N-dealkylation sites (tertiary alicyclic amines) is 1. The maximum Gasteiger partial charge on any atom is 0.222 e. The largest absolute Gasteiger partial charge is 0.345 e. The average molecular weight is 372 g/mol. The van der Waals surface area contributed by atoms with Gasteiger partial charge in [0.25, 0.3) is 0 Å². The van der Waals surface area contributed by atoms with Gasteiger partial charge in [-0.1, -0.05) is 6.92 Å². The molecule has 2 fully saturated rings. The fraction of sp³-hybridized carbons (Fsp3) is 0.682. The number of ketones is 1. The van der Waals surface area contributed by atoms with Gasteiger partial charge in [0.05, 0.1) is 0 Å². The lowest BCUT2D eigenvalue weighted by Crippen LogP contribution is -2.52. The molecule has 0 spiro atoms. The smallest absolute Gasteiger partial charge is 0.222 e. The molecule has 0 unspecified atom stereocenters. The molecule has 1 aliphatic heterocycles. The van der Waals surface area contributed by atoms with Crippen LogP contribution in [0, 0.1) is 11.8 Å². The summed E-state index contributed by atoms with van der Waals surface area (Å²) in [5.74, 6) is 1.46. The number of likely N-dealkylation sites (N-methyl/N-ethyl adjacent to an activating group) is 1. The van der Waals surface area contributed by atoms with Crippen molar-refractivity contribution in [2.24, 2.45) is 11.8 Å². The van der Waals surface area contributed by atoms with Crippen LogP contribution in [-0.4, -0.2) is 59.2 Å². The number of pyridine rings is 1. The summed E-state index contributed by atoms with van der Waals surface area (Å²) >= 11 is 0. The van der Waals surface area contributed by atoms with Crippen molar-refractivity contribution in [3.05, 3.63) is 30.1 Å². The van der Waals surface area contributed by atoms with E-state index in [0.29, 0.717) is 36.5 Å². The Balaban J connectivity index is 1.53. The summed E-state index contributed by atoms with van der Waals surface area (Å²) in [6.07, 6.45) is 9.67. The van der Waals surface area contributed by atoms with Crippen LogP contribution in [0.4, 0.5) is 0 Å². The number of Topliss-reactive ketones (excluding diaryl/α,β-unsaturated/α-hetero) is 1. The molecular weight excluding hydrogens is 338 g/mol. The van der Waals surface area contributed by atoms with E-state index in [9.17, 15) is 9.59 Å². The van der Waals surface area contributed by atoms with E-state index < -0.39 is 0 Å². The Hall–Kier alpha value is -1.75. The highest BCUT2D eigenvalue weighted by Crippen LogP contribution is 2.37. The number of fused-ring (bicyclic) bond motifs is 1. The molecule has 1 saturated heterocycles. The highest BCUT2D eigenvalue weighted by atomic mass is 16.2. The van der Waals surface area contributed by atoms with E-state index in [2.05, 4.69) is 16.8 Å². The number of carbonyl (C=O) groups is 2. The highest BCUT2D eigenvalue weighted by molar-refractivity contribution is 5.79. The maximum atomic E-state index is 12.7. The van der Waals surface area contributed by atoms with Gasteiger partial charge in [-0.05, 0) is 61.8 Å². The average Bonchev–Trinajstić information content (AvgIpc) is 2.66. The quantitative estimate of drug-likeness (QED) is 0.739. The van der Waals surface area contributed by atoms with Gasteiger partial charge in [-0.3, -0.25) is 19.5 Å². The Bertz CT molecular complexity index is 634. The summed E-state index contributed by atoms with van der Waals surface area (Å²) < 4.78 is 0. The minimum atomic E-state index is 0.228. The molecule has 5 nitrogen and oxygen atoms in total. The molecule has 5 heteroatoms. The van der Waals surface area contributed by atoms with Gasteiger partial charge in [0, 0.05) is 57.8 Å². The summed E-state index contributed by atoms with van der Waals surface area (Å²) in [5.41, 5.74) is 1.21. The lowest BCUT2D eigenvalue weighted by molar-refractivity contribution is -0.132. The molecule has 3 rings (SSSR count). The van der Waals surface area contributed by atoms with Crippen LogP contribution in [0.15, 0.2) is 24.5 Å². The third kappa shape index (κ3) is 5.38. The zero-order valence-corrected chi connectivity index (χ0v) is 16.8. The second kappa shape index (κ2) is 9.45. The fourth-order valence-electron chi connectivity index (χ4n) is 4.83. The van der Waals surface area contributed by atoms with Crippen LogP contribution in [0.5, 0.6) is 0 Å². The molecule has 1 saturated carbocycles. The summed E-state index contributed by atoms with van der Waals surface area (Å²) in [6, 6.07) is 4.56.